The molecule has 0 fully saturated rings. The summed E-state index contributed by atoms with van der Waals surface area (Å²) in [6.45, 7) is 5.61. The van der Waals surface area contributed by atoms with E-state index in [1.807, 2.05) is 26.0 Å². The van der Waals surface area contributed by atoms with Crippen LogP contribution in [0.25, 0.3) is 0 Å². The first kappa shape index (κ1) is 14.6. The SMILES string of the molecule is Cc1ccc(C(=O)Nc2cc(C)c(O)c(Br)c2C)cc1. The van der Waals surface area contributed by atoms with Crippen molar-refractivity contribution in [2.75, 3.05) is 5.32 Å². The van der Waals surface area contributed by atoms with E-state index < -0.39 is 0 Å². The molecule has 0 heterocycles. The van der Waals surface area contributed by atoms with Crippen molar-refractivity contribution in [3.05, 3.63) is 57.1 Å². The van der Waals surface area contributed by atoms with E-state index in [-0.39, 0.29) is 11.7 Å². The van der Waals surface area contributed by atoms with Gasteiger partial charge in [-0.05, 0) is 66.0 Å². The molecule has 0 saturated heterocycles. The van der Waals surface area contributed by atoms with Gasteiger partial charge in [-0.1, -0.05) is 17.7 Å². The molecule has 0 bridgehead atoms. The molecule has 0 spiro atoms. The molecule has 1 amide bonds. The number of carbonyl (C=O) groups is 1. The average molecular weight is 334 g/mol. The second-order valence-electron chi connectivity index (χ2n) is 4.85. The molecule has 0 aliphatic carbocycles. The van der Waals surface area contributed by atoms with Gasteiger partial charge >= 0.3 is 0 Å². The Bertz CT molecular complexity index is 663. The van der Waals surface area contributed by atoms with E-state index in [1.54, 1.807) is 25.1 Å². The standard InChI is InChI=1S/C16H16BrNO2/c1-9-4-6-12(7-5-9)16(20)18-13-8-10(2)15(19)14(17)11(13)3/h4-8,19H,1-3H3,(H,18,20). The topological polar surface area (TPSA) is 49.3 Å². The zero-order valence-electron chi connectivity index (χ0n) is 11.6. The lowest BCUT2D eigenvalue weighted by atomic mass is 10.1. The molecule has 0 atom stereocenters. The second kappa shape index (κ2) is 5.67. The van der Waals surface area contributed by atoms with Gasteiger partial charge in [-0.25, -0.2) is 0 Å². The lowest BCUT2D eigenvalue weighted by molar-refractivity contribution is 0.102. The summed E-state index contributed by atoms with van der Waals surface area (Å²) in [6.07, 6.45) is 0. The predicted molar refractivity (Wildman–Crippen MR) is 84.4 cm³/mol. The molecule has 20 heavy (non-hydrogen) atoms. The number of hydrogen-bond donors (Lipinski definition) is 2. The summed E-state index contributed by atoms with van der Waals surface area (Å²) in [5, 5.41) is 12.7. The van der Waals surface area contributed by atoms with E-state index >= 15 is 0 Å². The smallest absolute Gasteiger partial charge is 0.255 e. The summed E-state index contributed by atoms with van der Waals surface area (Å²) in [5.41, 5.74) is 3.92. The highest BCUT2D eigenvalue weighted by molar-refractivity contribution is 9.10. The first-order chi connectivity index (χ1) is 9.40. The molecule has 0 saturated carbocycles. The third-order valence-corrected chi connectivity index (χ3v) is 4.21. The normalized spacial score (nSPS) is 10.4. The number of anilines is 1. The fraction of sp³-hybridized carbons (Fsp3) is 0.188. The molecule has 0 radical (unpaired) electrons. The minimum atomic E-state index is -0.162. The van der Waals surface area contributed by atoms with Crippen LogP contribution in [0.15, 0.2) is 34.8 Å². The number of halogens is 1. The minimum Gasteiger partial charge on any atom is -0.506 e. The Hall–Kier alpha value is -1.81. The number of aromatic hydroxyl groups is 1. The van der Waals surface area contributed by atoms with Gasteiger partial charge in [0.05, 0.1) is 4.47 Å². The fourth-order valence-corrected chi connectivity index (χ4v) is 2.42. The van der Waals surface area contributed by atoms with Crippen molar-refractivity contribution in [3.8, 4) is 5.75 Å². The molecule has 0 aliphatic heterocycles. The molecule has 2 N–H and O–H groups in total. The van der Waals surface area contributed by atoms with E-state index in [0.29, 0.717) is 21.3 Å². The van der Waals surface area contributed by atoms with Crippen molar-refractivity contribution in [1.82, 2.24) is 0 Å². The van der Waals surface area contributed by atoms with Gasteiger partial charge < -0.3 is 10.4 Å². The van der Waals surface area contributed by atoms with Gasteiger partial charge in [-0.3, -0.25) is 4.79 Å². The quantitative estimate of drug-likeness (QED) is 0.803. The number of hydrogen-bond acceptors (Lipinski definition) is 2. The van der Waals surface area contributed by atoms with Crippen molar-refractivity contribution < 1.29 is 9.90 Å². The number of benzene rings is 2. The second-order valence-corrected chi connectivity index (χ2v) is 5.64. The van der Waals surface area contributed by atoms with Crippen molar-refractivity contribution >= 4 is 27.5 Å². The van der Waals surface area contributed by atoms with Crippen LogP contribution >= 0.6 is 15.9 Å². The van der Waals surface area contributed by atoms with Gasteiger partial charge in [0.1, 0.15) is 5.75 Å². The summed E-state index contributed by atoms with van der Waals surface area (Å²) in [7, 11) is 0. The molecular weight excluding hydrogens is 318 g/mol. The Kier molecular flexibility index (Phi) is 4.14. The third kappa shape index (κ3) is 2.85. The number of phenolic OH excluding ortho intramolecular Hbond substituents is 1. The Morgan fingerprint density at radius 1 is 1.15 bits per heavy atom. The van der Waals surface area contributed by atoms with Gasteiger partial charge in [0, 0.05) is 11.3 Å². The van der Waals surface area contributed by atoms with Crippen molar-refractivity contribution in [1.29, 1.82) is 0 Å². The zero-order chi connectivity index (χ0) is 14.9. The van der Waals surface area contributed by atoms with Gasteiger partial charge in [-0.15, -0.1) is 0 Å². The van der Waals surface area contributed by atoms with Crippen LogP contribution in [0.2, 0.25) is 0 Å². The van der Waals surface area contributed by atoms with Crippen LogP contribution in [0.1, 0.15) is 27.0 Å². The van der Waals surface area contributed by atoms with Crippen molar-refractivity contribution in [2.24, 2.45) is 0 Å². The maximum absolute atomic E-state index is 12.2. The number of rotatable bonds is 2. The van der Waals surface area contributed by atoms with Gasteiger partial charge in [0.15, 0.2) is 0 Å². The highest BCUT2D eigenvalue weighted by atomic mass is 79.9. The number of carbonyl (C=O) groups excluding carboxylic acids is 1. The van der Waals surface area contributed by atoms with E-state index in [2.05, 4.69) is 21.2 Å². The number of nitrogens with one attached hydrogen (secondary N) is 1. The van der Waals surface area contributed by atoms with E-state index in [1.165, 1.54) is 0 Å². The highest BCUT2D eigenvalue weighted by Gasteiger charge is 2.13. The Balaban J connectivity index is 2.31. The Labute approximate surface area is 126 Å². The summed E-state index contributed by atoms with van der Waals surface area (Å²) < 4.78 is 0.608. The first-order valence-electron chi connectivity index (χ1n) is 6.27. The van der Waals surface area contributed by atoms with Gasteiger partial charge in [-0.2, -0.15) is 0 Å². The Morgan fingerprint density at radius 2 is 1.75 bits per heavy atom. The lowest BCUT2D eigenvalue weighted by Crippen LogP contribution is -2.13. The summed E-state index contributed by atoms with van der Waals surface area (Å²) in [6, 6.07) is 9.16. The van der Waals surface area contributed by atoms with Crippen LogP contribution < -0.4 is 5.32 Å². The van der Waals surface area contributed by atoms with Gasteiger partial charge in [0.25, 0.3) is 5.91 Å². The summed E-state index contributed by atoms with van der Waals surface area (Å²) in [5.74, 6) is 0.0425. The molecule has 4 heteroatoms. The van der Waals surface area contributed by atoms with E-state index in [0.717, 1.165) is 11.1 Å². The maximum atomic E-state index is 12.2. The largest absolute Gasteiger partial charge is 0.506 e. The monoisotopic (exact) mass is 333 g/mol. The first-order valence-corrected chi connectivity index (χ1v) is 7.06. The molecule has 3 nitrogen and oxygen atoms in total. The lowest BCUT2D eigenvalue weighted by Gasteiger charge is -2.13. The summed E-state index contributed by atoms with van der Waals surface area (Å²) in [4.78, 5) is 12.2. The van der Waals surface area contributed by atoms with Crippen molar-refractivity contribution in [2.45, 2.75) is 20.8 Å². The molecular formula is C16H16BrNO2. The van der Waals surface area contributed by atoms with Crippen LogP contribution in [-0.4, -0.2) is 11.0 Å². The van der Waals surface area contributed by atoms with Crippen LogP contribution in [0.4, 0.5) is 5.69 Å². The minimum absolute atomic E-state index is 0.162. The zero-order valence-corrected chi connectivity index (χ0v) is 13.2. The summed E-state index contributed by atoms with van der Waals surface area (Å²) >= 11 is 3.34. The Morgan fingerprint density at radius 3 is 2.35 bits per heavy atom. The van der Waals surface area contributed by atoms with Crippen molar-refractivity contribution in [3.63, 3.8) is 0 Å². The molecule has 104 valence electrons. The van der Waals surface area contributed by atoms with Crippen LogP contribution in [0.5, 0.6) is 5.75 Å². The average Bonchev–Trinajstić information content (AvgIpc) is 2.43. The molecule has 2 aromatic rings. The molecule has 0 aliphatic rings. The van der Waals surface area contributed by atoms with E-state index in [4.69, 9.17) is 0 Å². The van der Waals surface area contributed by atoms with Crippen LogP contribution in [0.3, 0.4) is 0 Å². The third-order valence-electron chi connectivity index (χ3n) is 3.24. The maximum Gasteiger partial charge on any atom is 0.255 e. The number of phenols is 1. The van der Waals surface area contributed by atoms with E-state index in [9.17, 15) is 9.90 Å². The molecule has 2 aromatic carbocycles. The highest BCUT2D eigenvalue weighted by Crippen LogP contribution is 2.35. The molecule has 2 rings (SSSR count). The predicted octanol–water partition coefficient (Wildman–Crippen LogP) is 4.33. The van der Waals surface area contributed by atoms with Crippen LogP contribution in [-0.2, 0) is 0 Å². The molecule has 0 aromatic heterocycles. The number of amides is 1. The van der Waals surface area contributed by atoms with Crippen LogP contribution in [0, 0.1) is 20.8 Å². The molecule has 0 unspecified atom stereocenters. The fourth-order valence-electron chi connectivity index (χ4n) is 1.89. The van der Waals surface area contributed by atoms with Gasteiger partial charge in [0.2, 0.25) is 0 Å². The number of aryl methyl sites for hydroxylation is 2.